The Hall–Kier alpha value is -0.900. The molecule has 0 aromatic carbocycles. The summed E-state index contributed by atoms with van der Waals surface area (Å²) in [6.45, 7) is 6.00. The molecule has 1 aliphatic heterocycles. The van der Waals surface area contributed by atoms with Crippen molar-refractivity contribution in [1.82, 2.24) is 9.88 Å². The van der Waals surface area contributed by atoms with E-state index in [0.29, 0.717) is 24.8 Å². The third-order valence-corrected chi connectivity index (χ3v) is 4.40. The average Bonchev–Trinajstić information content (AvgIpc) is 2.55. The van der Waals surface area contributed by atoms with Gasteiger partial charge in [0, 0.05) is 23.6 Å². The van der Waals surface area contributed by atoms with E-state index in [1.165, 1.54) is 0 Å². The molecule has 0 aliphatic carbocycles. The first-order valence-corrected chi connectivity index (χ1v) is 7.73. The van der Waals surface area contributed by atoms with Crippen LogP contribution < -0.4 is 0 Å². The molecule has 104 valence electrons. The lowest BCUT2D eigenvalue weighted by Gasteiger charge is -2.21. The maximum atomic E-state index is 12.1. The van der Waals surface area contributed by atoms with Crippen molar-refractivity contribution in [2.45, 2.75) is 39.7 Å². The molecule has 0 spiro atoms. The molecule has 2 rings (SSSR count). The maximum Gasteiger partial charge on any atom is 0.222 e. The Morgan fingerprint density at radius 3 is 2.84 bits per heavy atom. The first-order valence-electron chi connectivity index (χ1n) is 6.94. The van der Waals surface area contributed by atoms with E-state index in [0.717, 1.165) is 29.6 Å². The number of nitrogens with zero attached hydrogens (tertiary/aromatic N) is 2. The fraction of sp³-hybridized carbons (Fsp3) is 0.600. The van der Waals surface area contributed by atoms with Crippen molar-refractivity contribution in [2.75, 3.05) is 6.54 Å². The summed E-state index contributed by atoms with van der Waals surface area (Å²) in [5, 5.41) is 0. The topological polar surface area (TPSA) is 33.2 Å². The summed E-state index contributed by atoms with van der Waals surface area (Å²) in [6.07, 6.45) is 4.61. The van der Waals surface area contributed by atoms with Crippen LogP contribution in [0.2, 0.25) is 0 Å². The first-order chi connectivity index (χ1) is 9.06. The van der Waals surface area contributed by atoms with Gasteiger partial charge in [-0.15, -0.1) is 0 Å². The predicted octanol–water partition coefficient (Wildman–Crippen LogP) is 3.63. The molecule has 0 bridgehead atoms. The molecular weight excluding hydrogens is 304 g/mol. The molecule has 1 unspecified atom stereocenters. The average molecular weight is 325 g/mol. The van der Waals surface area contributed by atoms with Crippen LogP contribution in [0.25, 0.3) is 0 Å². The highest BCUT2D eigenvalue weighted by Gasteiger charge is 2.24. The van der Waals surface area contributed by atoms with E-state index in [1.807, 2.05) is 17.0 Å². The van der Waals surface area contributed by atoms with E-state index in [1.54, 1.807) is 6.20 Å². The van der Waals surface area contributed by atoms with Gasteiger partial charge in [0.15, 0.2) is 0 Å². The summed E-state index contributed by atoms with van der Waals surface area (Å²) in [4.78, 5) is 18.5. The number of pyridine rings is 1. The standard InChI is InChI=1S/C15H21BrN2O/c1-11(2)12-3-6-15(19)18(8-7-12)10-14-5-4-13(16)9-17-14/h4-5,9,11-12H,3,6-8,10H2,1-2H3. The Kier molecular flexibility index (Phi) is 4.97. The van der Waals surface area contributed by atoms with Crippen molar-refractivity contribution >= 4 is 21.8 Å². The monoisotopic (exact) mass is 324 g/mol. The van der Waals surface area contributed by atoms with E-state index < -0.39 is 0 Å². The number of hydrogen-bond acceptors (Lipinski definition) is 2. The SMILES string of the molecule is CC(C)C1CCC(=O)N(Cc2ccc(Br)cn2)CC1. The molecule has 1 atom stereocenters. The van der Waals surface area contributed by atoms with Crippen molar-refractivity contribution < 1.29 is 4.79 Å². The van der Waals surface area contributed by atoms with Crippen LogP contribution in [-0.2, 0) is 11.3 Å². The van der Waals surface area contributed by atoms with E-state index in [2.05, 4.69) is 34.8 Å². The molecule has 1 saturated heterocycles. The zero-order valence-electron chi connectivity index (χ0n) is 11.6. The number of rotatable bonds is 3. The highest BCUT2D eigenvalue weighted by Crippen LogP contribution is 2.25. The fourth-order valence-electron chi connectivity index (χ4n) is 2.59. The first kappa shape index (κ1) is 14.5. The van der Waals surface area contributed by atoms with Crippen molar-refractivity contribution in [2.24, 2.45) is 11.8 Å². The second-order valence-corrected chi connectivity index (χ2v) is 6.53. The summed E-state index contributed by atoms with van der Waals surface area (Å²) in [6, 6.07) is 3.95. The lowest BCUT2D eigenvalue weighted by Crippen LogP contribution is -2.30. The van der Waals surface area contributed by atoms with Gasteiger partial charge in [-0.2, -0.15) is 0 Å². The van der Waals surface area contributed by atoms with Gasteiger partial charge >= 0.3 is 0 Å². The van der Waals surface area contributed by atoms with E-state index in [4.69, 9.17) is 0 Å². The fourth-order valence-corrected chi connectivity index (χ4v) is 2.82. The van der Waals surface area contributed by atoms with Crippen LogP contribution in [0.15, 0.2) is 22.8 Å². The number of carbonyl (C=O) groups excluding carboxylic acids is 1. The molecule has 1 aromatic heterocycles. The zero-order chi connectivity index (χ0) is 13.8. The van der Waals surface area contributed by atoms with E-state index in [-0.39, 0.29) is 5.91 Å². The molecule has 3 nitrogen and oxygen atoms in total. The summed E-state index contributed by atoms with van der Waals surface area (Å²) < 4.78 is 0.971. The third kappa shape index (κ3) is 4.03. The normalized spacial score (nSPS) is 20.7. The lowest BCUT2D eigenvalue weighted by atomic mass is 9.89. The van der Waals surface area contributed by atoms with Gasteiger partial charge in [-0.25, -0.2) is 0 Å². The summed E-state index contributed by atoms with van der Waals surface area (Å²) in [7, 11) is 0. The van der Waals surface area contributed by atoms with Gasteiger partial charge in [0.25, 0.3) is 0 Å². The highest BCUT2D eigenvalue weighted by atomic mass is 79.9. The predicted molar refractivity (Wildman–Crippen MR) is 79.5 cm³/mol. The molecule has 1 aliphatic rings. The van der Waals surface area contributed by atoms with Gasteiger partial charge in [0.2, 0.25) is 5.91 Å². The quantitative estimate of drug-likeness (QED) is 0.850. The molecule has 1 amide bonds. The highest BCUT2D eigenvalue weighted by molar-refractivity contribution is 9.10. The van der Waals surface area contributed by atoms with E-state index in [9.17, 15) is 4.79 Å². The van der Waals surface area contributed by atoms with Gasteiger partial charge in [0.1, 0.15) is 0 Å². The van der Waals surface area contributed by atoms with Crippen LogP contribution in [0, 0.1) is 11.8 Å². The summed E-state index contributed by atoms with van der Waals surface area (Å²) in [5.74, 6) is 1.61. The second kappa shape index (κ2) is 6.51. The van der Waals surface area contributed by atoms with Crippen LogP contribution in [0.4, 0.5) is 0 Å². The number of carbonyl (C=O) groups is 1. The van der Waals surface area contributed by atoms with Crippen LogP contribution in [-0.4, -0.2) is 22.3 Å². The van der Waals surface area contributed by atoms with Crippen LogP contribution in [0.3, 0.4) is 0 Å². The van der Waals surface area contributed by atoms with Crippen LogP contribution in [0.1, 0.15) is 38.8 Å². The third-order valence-electron chi connectivity index (χ3n) is 3.94. The van der Waals surface area contributed by atoms with Crippen molar-refractivity contribution in [3.05, 3.63) is 28.5 Å². The molecule has 1 fully saturated rings. The van der Waals surface area contributed by atoms with Crippen molar-refractivity contribution in [3.8, 4) is 0 Å². The number of halogens is 1. The zero-order valence-corrected chi connectivity index (χ0v) is 13.2. The summed E-state index contributed by atoms with van der Waals surface area (Å²) >= 11 is 3.38. The molecule has 19 heavy (non-hydrogen) atoms. The van der Waals surface area contributed by atoms with Gasteiger partial charge < -0.3 is 4.90 Å². The number of hydrogen-bond donors (Lipinski definition) is 0. The molecule has 4 heteroatoms. The second-order valence-electron chi connectivity index (χ2n) is 5.61. The Labute approximate surface area is 123 Å². The number of likely N-dealkylation sites (tertiary alicyclic amines) is 1. The Morgan fingerprint density at radius 2 is 2.21 bits per heavy atom. The Morgan fingerprint density at radius 1 is 1.42 bits per heavy atom. The largest absolute Gasteiger partial charge is 0.337 e. The molecule has 1 aromatic rings. The molecule has 0 radical (unpaired) electrons. The number of aromatic nitrogens is 1. The van der Waals surface area contributed by atoms with Crippen molar-refractivity contribution in [1.29, 1.82) is 0 Å². The van der Waals surface area contributed by atoms with Gasteiger partial charge in [0.05, 0.1) is 12.2 Å². The van der Waals surface area contributed by atoms with Crippen LogP contribution >= 0.6 is 15.9 Å². The van der Waals surface area contributed by atoms with Gasteiger partial charge in [-0.05, 0) is 52.7 Å². The summed E-state index contributed by atoms with van der Waals surface area (Å²) in [5.41, 5.74) is 0.958. The van der Waals surface area contributed by atoms with Gasteiger partial charge in [-0.1, -0.05) is 13.8 Å². The Balaban J connectivity index is 1.99. The molecule has 0 N–H and O–H groups in total. The number of amides is 1. The minimum Gasteiger partial charge on any atom is -0.337 e. The molecule has 2 heterocycles. The van der Waals surface area contributed by atoms with E-state index >= 15 is 0 Å². The minimum absolute atomic E-state index is 0.271. The smallest absolute Gasteiger partial charge is 0.222 e. The molecular formula is C15H21BrN2O. The van der Waals surface area contributed by atoms with Crippen LogP contribution in [0.5, 0.6) is 0 Å². The minimum atomic E-state index is 0.271. The Bertz CT molecular complexity index is 430. The lowest BCUT2D eigenvalue weighted by molar-refractivity contribution is -0.131. The maximum absolute atomic E-state index is 12.1. The molecule has 0 saturated carbocycles. The van der Waals surface area contributed by atoms with Crippen molar-refractivity contribution in [3.63, 3.8) is 0 Å². The van der Waals surface area contributed by atoms with Gasteiger partial charge in [-0.3, -0.25) is 9.78 Å².